The molecule has 31 heavy (non-hydrogen) atoms. The molecular formula is C24H26N4O3. The van der Waals surface area contributed by atoms with Crippen LogP contribution in [0.5, 0.6) is 11.5 Å². The van der Waals surface area contributed by atoms with Crippen LogP contribution in [0.15, 0.2) is 48.5 Å². The van der Waals surface area contributed by atoms with Gasteiger partial charge in [-0.2, -0.15) is 0 Å². The number of likely N-dealkylation sites (N-methyl/N-ethyl adjacent to an activating group) is 1. The van der Waals surface area contributed by atoms with Crippen molar-refractivity contribution in [2.45, 2.75) is 6.42 Å². The number of aromatic amines is 1. The van der Waals surface area contributed by atoms with E-state index in [1.165, 1.54) is 0 Å². The number of fused-ring (bicyclic) bond motifs is 3. The number of nitrogens with one attached hydrogen (secondary N) is 1. The minimum Gasteiger partial charge on any atom is -0.497 e. The van der Waals surface area contributed by atoms with Crippen molar-refractivity contribution in [3.63, 3.8) is 0 Å². The van der Waals surface area contributed by atoms with E-state index in [0.29, 0.717) is 6.61 Å². The van der Waals surface area contributed by atoms with Gasteiger partial charge in [-0.1, -0.05) is 0 Å². The number of methoxy groups -OCH3 is 1. The lowest BCUT2D eigenvalue weighted by molar-refractivity contribution is -0.117. The van der Waals surface area contributed by atoms with Crippen LogP contribution in [0.3, 0.4) is 0 Å². The number of nitrogens with two attached hydrogens (primary N) is 1. The molecule has 0 spiro atoms. The Bertz CT molecular complexity index is 1230. The van der Waals surface area contributed by atoms with Crippen LogP contribution in [-0.2, 0) is 11.2 Å². The van der Waals surface area contributed by atoms with Gasteiger partial charge in [-0.05, 0) is 62.1 Å². The van der Waals surface area contributed by atoms with E-state index in [9.17, 15) is 4.79 Å². The second kappa shape index (κ2) is 8.65. The summed E-state index contributed by atoms with van der Waals surface area (Å²) in [5, 5.41) is 0.969. The van der Waals surface area contributed by atoms with E-state index in [-0.39, 0.29) is 12.3 Å². The molecule has 2 heterocycles. The number of primary amides is 1. The van der Waals surface area contributed by atoms with E-state index in [4.69, 9.17) is 20.2 Å². The molecule has 0 fully saturated rings. The van der Waals surface area contributed by atoms with Crippen LogP contribution in [0.2, 0.25) is 0 Å². The van der Waals surface area contributed by atoms with Crippen LogP contribution < -0.4 is 15.2 Å². The molecule has 4 rings (SSSR count). The first-order valence-corrected chi connectivity index (χ1v) is 10.1. The molecule has 2 aromatic heterocycles. The van der Waals surface area contributed by atoms with Gasteiger partial charge >= 0.3 is 0 Å². The van der Waals surface area contributed by atoms with Crippen molar-refractivity contribution in [3.05, 3.63) is 54.1 Å². The lowest BCUT2D eigenvalue weighted by Gasteiger charge is -2.10. The topological polar surface area (TPSA) is 93.5 Å². The first kappa shape index (κ1) is 20.7. The molecule has 1 amide bonds. The molecule has 0 radical (unpaired) electrons. The van der Waals surface area contributed by atoms with Gasteiger partial charge in [0.15, 0.2) is 0 Å². The quantitative estimate of drug-likeness (QED) is 0.458. The van der Waals surface area contributed by atoms with Crippen molar-refractivity contribution in [3.8, 4) is 22.8 Å². The second-order valence-corrected chi connectivity index (χ2v) is 7.75. The zero-order valence-corrected chi connectivity index (χ0v) is 17.9. The normalized spacial score (nSPS) is 11.4. The standard InChI is InChI=1S/C24H26N4O3/c1-28(2)10-11-31-18-8-9-19-21(14-18)27-23-16(13-22(25)29)12-20(26-24(19)23)15-4-6-17(30-3)7-5-15/h4-9,12,14,27H,10-11,13H2,1-3H3,(H2,25,29). The third kappa shape index (κ3) is 4.46. The fourth-order valence-corrected chi connectivity index (χ4v) is 3.57. The molecule has 0 unspecified atom stereocenters. The summed E-state index contributed by atoms with van der Waals surface area (Å²) < 4.78 is 11.1. The zero-order chi connectivity index (χ0) is 22.0. The summed E-state index contributed by atoms with van der Waals surface area (Å²) in [6, 6.07) is 15.5. The van der Waals surface area contributed by atoms with Crippen molar-refractivity contribution >= 4 is 27.8 Å². The van der Waals surface area contributed by atoms with Crippen molar-refractivity contribution < 1.29 is 14.3 Å². The Morgan fingerprint density at radius 2 is 1.84 bits per heavy atom. The van der Waals surface area contributed by atoms with Crippen molar-refractivity contribution in [2.75, 3.05) is 34.4 Å². The number of amides is 1. The van der Waals surface area contributed by atoms with Gasteiger partial charge in [-0.15, -0.1) is 0 Å². The first-order chi connectivity index (χ1) is 14.9. The molecule has 0 saturated heterocycles. The lowest BCUT2D eigenvalue weighted by atomic mass is 10.0. The Morgan fingerprint density at radius 1 is 1.10 bits per heavy atom. The van der Waals surface area contributed by atoms with Crippen molar-refractivity contribution in [1.82, 2.24) is 14.9 Å². The van der Waals surface area contributed by atoms with Gasteiger partial charge in [-0.3, -0.25) is 4.79 Å². The average Bonchev–Trinajstić information content (AvgIpc) is 3.11. The summed E-state index contributed by atoms with van der Waals surface area (Å²) in [5.41, 5.74) is 10.6. The largest absolute Gasteiger partial charge is 0.497 e. The number of carbonyl (C=O) groups is 1. The number of nitrogens with zero attached hydrogens (tertiary/aromatic N) is 2. The van der Waals surface area contributed by atoms with Crippen LogP contribution in [0.1, 0.15) is 5.56 Å². The number of H-pyrrole nitrogens is 1. The number of pyridine rings is 1. The molecular weight excluding hydrogens is 392 g/mol. The minimum atomic E-state index is -0.389. The molecule has 2 aromatic carbocycles. The van der Waals surface area contributed by atoms with Crippen LogP contribution in [-0.4, -0.2) is 55.1 Å². The Balaban J connectivity index is 1.80. The third-order valence-corrected chi connectivity index (χ3v) is 5.16. The molecule has 0 atom stereocenters. The van der Waals surface area contributed by atoms with E-state index < -0.39 is 0 Å². The van der Waals surface area contributed by atoms with Crippen LogP contribution in [0.25, 0.3) is 33.2 Å². The molecule has 0 aliphatic carbocycles. The Hall–Kier alpha value is -3.58. The fourth-order valence-electron chi connectivity index (χ4n) is 3.57. The maximum Gasteiger partial charge on any atom is 0.221 e. The maximum absolute atomic E-state index is 11.7. The number of ether oxygens (including phenoxy) is 2. The summed E-state index contributed by atoms with van der Waals surface area (Å²) in [5.74, 6) is 1.17. The van der Waals surface area contributed by atoms with Crippen LogP contribution in [0.4, 0.5) is 0 Å². The number of rotatable bonds is 8. The second-order valence-electron chi connectivity index (χ2n) is 7.75. The van der Waals surface area contributed by atoms with Crippen LogP contribution >= 0.6 is 0 Å². The van der Waals surface area contributed by atoms with Gasteiger partial charge < -0.3 is 25.1 Å². The highest BCUT2D eigenvalue weighted by atomic mass is 16.5. The number of hydrogen-bond acceptors (Lipinski definition) is 5. The summed E-state index contributed by atoms with van der Waals surface area (Å²) in [4.78, 5) is 22.1. The molecule has 0 aliphatic rings. The minimum absolute atomic E-state index is 0.126. The van der Waals surface area contributed by atoms with Gasteiger partial charge in [-0.25, -0.2) is 4.98 Å². The zero-order valence-electron chi connectivity index (χ0n) is 17.9. The summed E-state index contributed by atoms with van der Waals surface area (Å²) in [6.07, 6.45) is 0.126. The molecule has 0 saturated carbocycles. The number of aromatic nitrogens is 2. The van der Waals surface area contributed by atoms with Crippen molar-refractivity contribution in [1.29, 1.82) is 0 Å². The maximum atomic E-state index is 11.7. The Morgan fingerprint density at radius 3 is 2.52 bits per heavy atom. The van der Waals surface area contributed by atoms with Gasteiger partial charge in [0.1, 0.15) is 18.1 Å². The first-order valence-electron chi connectivity index (χ1n) is 10.1. The highest BCUT2D eigenvalue weighted by Gasteiger charge is 2.15. The van der Waals surface area contributed by atoms with E-state index in [0.717, 1.165) is 56.8 Å². The fraction of sp³-hybridized carbons (Fsp3) is 0.250. The molecule has 7 nitrogen and oxygen atoms in total. The third-order valence-electron chi connectivity index (χ3n) is 5.16. The molecule has 0 aliphatic heterocycles. The highest BCUT2D eigenvalue weighted by Crippen LogP contribution is 2.32. The molecule has 0 bridgehead atoms. The summed E-state index contributed by atoms with van der Waals surface area (Å²) in [7, 11) is 5.65. The molecule has 160 valence electrons. The van der Waals surface area contributed by atoms with E-state index in [1.54, 1.807) is 7.11 Å². The number of hydrogen-bond donors (Lipinski definition) is 2. The average molecular weight is 418 g/mol. The number of carbonyl (C=O) groups excluding carboxylic acids is 1. The van der Waals surface area contributed by atoms with Crippen LogP contribution in [0, 0.1) is 0 Å². The number of benzene rings is 2. The van der Waals surface area contributed by atoms with Crippen molar-refractivity contribution in [2.24, 2.45) is 5.73 Å². The highest BCUT2D eigenvalue weighted by molar-refractivity contribution is 6.07. The SMILES string of the molecule is COc1ccc(-c2cc(CC(N)=O)c3[nH]c4cc(OCCN(C)C)ccc4c3n2)cc1. The van der Waals surface area contributed by atoms with Gasteiger partial charge in [0.05, 0.1) is 35.8 Å². The lowest BCUT2D eigenvalue weighted by Crippen LogP contribution is -2.19. The molecule has 4 aromatic rings. The summed E-state index contributed by atoms with van der Waals surface area (Å²) in [6.45, 7) is 1.44. The van der Waals surface area contributed by atoms with E-state index in [2.05, 4.69) is 9.88 Å². The van der Waals surface area contributed by atoms with E-state index >= 15 is 0 Å². The Labute approximate surface area is 180 Å². The Kier molecular flexibility index (Phi) is 5.77. The molecule has 7 heteroatoms. The van der Waals surface area contributed by atoms with E-state index in [1.807, 2.05) is 62.6 Å². The smallest absolute Gasteiger partial charge is 0.221 e. The van der Waals surface area contributed by atoms with Gasteiger partial charge in [0.25, 0.3) is 0 Å². The monoisotopic (exact) mass is 418 g/mol. The van der Waals surface area contributed by atoms with Gasteiger partial charge in [0.2, 0.25) is 5.91 Å². The predicted molar refractivity (Wildman–Crippen MR) is 123 cm³/mol. The van der Waals surface area contributed by atoms with Gasteiger partial charge in [0, 0.05) is 23.6 Å². The summed E-state index contributed by atoms with van der Waals surface area (Å²) >= 11 is 0. The predicted octanol–water partition coefficient (Wildman–Crippen LogP) is 3.36. The molecule has 3 N–H and O–H groups in total.